The molecule has 2 amide bonds. The molecule has 1 N–H and O–H groups in total. The van der Waals surface area contributed by atoms with Crippen molar-refractivity contribution in [3.05, 3.63) is 29.3 Å². The molecule has 4 nitrogen and oxygen atoms in total. The van der Waals surface area contributed by atoms with E-state index in [1.165, 1.54) is 0 Å². The minimum Gasteiger partial charge on any atom is -0.330 e. The fraction of sp³-hybridized carbons (Fsp3) is 0.556. The van der Waals surface area contributed by atoms with Crippen LogP contribution in [-0.4, -0.2) is 29.3 Å². The predicted molar refractivity (Wildman–Crippen MR) is 88.8 cm³/mol. The zero-order valence-corrected chi connectivity index (χ0v) is 14.0. The molecule has 1 heterocycles. The van der Waals surface area contributed by atoms with Crippen LogP contribution < -0.4 is 5.32 Å². The number of nitrogens with one attached hydrogen (secondary N) is 1. The summed E-state index contributed by atoms with van der Waals surface area (Å²) in [6, 6.07) is 5.69. The molecule has 0 spiro atoms. The number of β-lactam (4-membered cyclic amide) rings is 1. The van der Waals surface area contributed by atoms with Crippen molar-refractivity contribution in [2.75, 3.05) is 11.9 Å². The van der Waals surface area contributed by atoms with Crippen LogP contribution in [0.5, 0.6) is 0 Å². The standard InChI is InChI=1S/C18H26N2O2/c1-5-14-8-6-7-13(4)17(14)19-18(22)15(11-12(2)3)20-10-9-16(20)21/h6-8,12,15H,5,9-11H2,1-4H3,(H,19,22)/t15-/m0/s1. The zero-order chi connectivity index (χ0) is 16.3. The third-order valence-corrected chi connectivity index (χ3v) is 4.25. The topological polar surface area (TPSA) is 49.4 Å². The lowest BCUT2D eigenvalue weighted by Crippen LogP contribution is -2.55. The number of hydrogen-bond acceptors (Lipinski definition) is 2. The Morgan fingerprint density at radius 2 is 2.09 bits per heavy atom. The summed E-state index contributed by atoms with van der Waals surface area (Å²) in [5.41, 5.74) is 3.09. The molecule has 1 fully saturated rings. The molecule has 2 rings (SSSR count). The van der Waals surface area contributed by atoms with Gasteiger partial charge in [0.2, 0.25) is 11.8 Å². The van der Waals surface area contributed by atoms with Crippen LogP contribution >= 0.6 is 0 Å². The molecule has 1 aromatic carbocycles. The maximum atomic E-state index is 12.7. The van der Waals surface area contributed by atoms with E-state index in [1.54, 1.807) is 4.90 Å². The third-order valence-electron chi connectivity index (χ3n) is 4.25. The van der Waals surface area contributed by atoms with Crippen LogP contribution in [-0.2, 0) is 16.0 Å². The van der Waals surface area contributed by atoms with Crippen LogP contribution in [0.1, 0.15) is 44.7 Å². The summed E-state index contributed by atoms with van der Waals surface area (Å²) in [7, 11) is 0. The van der Waals surface area contributed by atoms with E-state index in [-0.39, 0.29) is 17.9 Å². The van der Waals surface area contributed by atoms with Crippen molar-refractivity contribution in [2.45, 2.75) is 53.0 Å². The van der Waals surface area contributed by atoms with Gasteiger partial charge in [-0.3, -0.25) is 9.59 Å². The van der Waals surface area contributed by atoms with Gasteiger partial charge in [0, 0.05) is 18.7 Å². The van der Waals surface area contributed by atoms with E-state index in [9.17, 15) is 9.59 Å². The van der Waals surface area contributed by atoms with E-state index in [2.05, 4.69) is 26.1 Å². The first kappa shape index (κ1) is 16.5. The Kier molecular flexibility index (Phi) is 5.22. The first-order chi connectivity index (χ1) is 10.4. The lowest BCUT2D eigenvalue weighted by molar-refractivity contribution is -0.147. The van der Waals surface area contributed by atoms with Gasteiger partial charge in [0.1, 0.15) is 6.04 Å². The van der Waals surface area contributed by atoms with Crippen molar-refractivity contribution in [1.82, 2.24) is 4.90 Å². The van der Waals surface area contributed by atoms with Gasteiger partial charge in [-0.1, -0.05) is 39.0 Å². The van der Waals surface area contributed by atoms with Crippen molar-refractivity contribution in [3.63, 3.8) is 0 Å². The van der Waals surface area contributed by atoms with Crippen LogP contribution in [0, 0.1) is 12.8 Å². The summed E-state index contributed by atoms with van der Waals surface area (Å²) < 4.78 is 0. The van der Waals surface area contributed by atoms with Crippen molar-refractivity contribution in [2.24, 2.45) is 5.92 Å². The highest BCUT2D eigenvalue weighted by Crippen LogP contribution is 2.24. The Labute approximate surface area is 132 Å². The van der Waals surface area contributed by atoms with Gasteiger partial charge >= 0.3 is 0 Å². The highest BCUT2D eigenvalue weighted by atomic mass is 16.2. The summed E-state index contributed by atoms with van der Waals surface area (Å²) in [5.74, 6) is 0.388. The number of rotatable bonds is 6. The molecule has 0 saturated carbocycles. The van der Waals surface area contributed by atoms with E-state index >= 15 is 0 Å². The van der Waals surface area contributed by atoms with Gasteiger partial charge in [-0.25, -0.2) is 0 Å². The van der Waals surface area contributed by atoms with Gasteiger partial charge in [0.05, 0.1) is 0 Å². The van der Waals surface area contributed by atoms with Gasteiger partial charge in [0.25, 0.3) is 0 Å². The maximum absolute atomic E-state index is 12.7. The number of anilines is 1. The highest BCUT2D eigenvalue weighted by molar-refractivity contribution is 5.99. The SMILES string of the molecule is CCc1cccc(C)c1NC(=O)[C@H](CC(C)C)N1CCC1=O. The summed E-state index contributed by atoms with van der Waals surface area (Å²) >= 11 is 0. The summed E-state index contributed by atoms with van der Waals surface area (Å²) in [6.07, 6.45) is 2.13. The second kappa shape index (κ2) is 6.95. The molecular weight excluding hydrogens is 276 g/mol. The largest absolute Gasteiger partial charge is 0.330 e. The number of nitrogens with zero attached hydrogens (tertiary/aromatic N) is 1. The average Bonchev–Trinajstić information content (AvgIpc) is 2.46. The lowest BCUT2D eigenvalue weighted by atomic mass is 9.97. The van der Waals surface area contributed by atoms with E-state index in [1.807, 2.05) is 25.1 Å². The first-order valence-corrected chi connectivity index (χ1v) is 8.12. The third kappa shape index (κ3) is 3.49. The van der Waals surface area contributed by atoms with Crippen LogP contribution in [0.4, 0.5) is 5.69 Å². The van der Waals surface area contributed by atoms with Crippen LogP contribution in [0.25, 0.3) is 0 Å². The summed E-state index contributed by atoms with van der Waals surface area (Å²) in [6.45, 7) is 8.93. The number of aryl methyl sites for hydroxylation is 2. The second-order valence-electron chi connectivity index (χ2n) is 6.43. The molecule has 120 valence electrons. The monoisotopic (exact) mass is 302 g/mol. The minimum absolute atomic E-state index is 0.0641. The first-order valence-electron chi connectivity index (χ1n) is 8.12. The Morgan fingerprint density at radius 1 is 1.36 bits per heavy atom. The molecule has 0 radical (unpaired) electrons. The summed E-state index contributed by atoms with van der Waals surface area (Å²) in [4.78, 5) is 26.2. The van der Waals surface area contributed by atoms with Crippen LogP contribution in [0.2, 0.25) is 0 Å². The molecule has 1 saturated heterocycles. The minimum atomic E-state index is -0.356. The number of likely N-dealkylation sites (tertiary alicyclic amines) is 1. The molecule has 1 aromatic rings. The molecular formula is C18H26N2O2. The Hall–Kier alpha value is -1.84. The number of carbonyl (C=O) groups is 2. The van der Waals surface area contributed by atoms with Gasteiger partial charge in [-0.2, -0.15) is 0 Å². The number of carbonyl (C=O) groups excluding carboxylic acids is 2. The Morgan fingerprint density at radius 3 is 2.59 bits per heavy atom. The smallest absolute Gasteiger partial charge is 0.247 e. The molecule has 1 aliphatic rings. The quantitative estimate of drug-likeness (QED) is 0.821. The second-order valence-corrected chi connectivity index (χ2v) is 6.43. The maximum Gasteiger partial charge on any atom is 0.247 e. The number of benzene rings is 1. The molecule has 22 heavy (non-hydrogen) atoms. The molecule has 1 aliphatic heterocycles. The number of amides is 2. The average molecular weight is 302 g/mol. The van der Waals surface area contributed by atoms with Crippen LogP contribution in [0.15, 0.2) is 18.2 Å². The zero-order valence-electron chi connectivity index (χ0n) is 14.0. The van der Waals surface area contributed by atoms with Gasteiger partial charge < -0.3 is 10.2 Å². The molecule has 0 bridgehead atoms. The van der Waals surface area contributed by atoms with Gasteiger partial charge in [-0.05, 0) is 36.8 Å². The Balaban J connectivity index is 2.19. The molecule has 1 atom stereocenters. The fourth-order valence-electron chi connectivity index (χ4n) is 2.89. The predicted octanol–water partition coefficient (Wildman–Crippen LogP) is 3.14. The number of para-hydroxylation sites is 1. The van der Waals surface area contributed by atoms with E-state index < -0.39 is 0 Å². The molecule has 0 aliphatic carbocycles. The fourth-order valence-corrected chi connectivity index (χ4v) is 2.89. The highest BCUT2D eigenvalue weighted by Gasteiger charge is 2.36. The summed E-state index contributed by atoms with van der Waals surface area (Å²) in [5, 5.41) is 3.07. The molecule has 4 heteroatoms. The van der Waals surface area contributed by atoms with Crippen molar-refractivity contribution >= 4 is 17.5 Å². The van der Waals surface area contributed by atoms with E-state index in [4.69, 9.17) is 0 Å². The van der Waals surface area contributed by atoms with Crippen molar-refractivity contribution in [1.29, 1.82) is 0 Å². The number of hydrogen-bond donors (Lipinski definition) is 1. The Bertz CT molecular complexity index is 566. The molecule has 0 unspecified atom stereocenters. The van der Waals surface area contributed by atoms with Crippen LogP contribution in [0.3, 0.4) is 0 Å². The van der Waals surface area contributed by atoms with Crippen molar-refractivity contribution < 1.29 is 9.59 Å². The lowest BCUT2D eigenvalue weighted by Gasteiger charge is -2.38. The van der Waals surface area contributed by atoms with Gasteiger partial charge in [0.15, 0.2) is 0 Å². The van der Waals surface area contributed by atoms with Crippen molar-refractivity contribution in [3.8, 4) is 0 Å². The van der Waals surface area contributed by atoms with Gasteiger partial charge in [-0.15, -0.1) is 0 Å². The normalized spacial score (nSPS) is 15.7. The van der Waals surface area contributed by atoms with E-state index in [0.717, 1.165) is 23.2 Å². The molecule has 0 aromatic heterocycles. The van der Waals surface area contributed by atoms with E-state index in [0.29, 0.717) is 25.3 Å².